The lowest BCUT2D eigenvalue weighted by atomic mass is 10.1. The monoisotopic (exact) mass is 307 g/mol. The van der Waals surface area contributed by atoms with Crippen LogP contribution in [0.25, 0.3) is 0 Å². The molecule has 0 fully saturated rings. The Morgan fingerprint density at radius 2 is 1.87 bits per heavy atom. The standard InChI is InChI=1S/C17H17N5O/c1-2-13-3-5-14(6-4-13)12-22-16(7-8-20-22)21-17(23)15-11-18-9-10-19-15/h3-11H,2,12H2,1H3,(H,21,23). The molecular formula is C17H17N5O. The maximum Gasteiger partial charge on any atom is 0.277 e. The maximum absolute atomic E-state index is 12.1. The minimum Gasteiger partial charge on any atom is -0.305 e. The van der Waals surface area contributed by atoms with E-state index in [4.69, 9.17) is 0 Å². The molecule has 1 N–H and O–H groups in total. The lowest BCUT2D eigenvalue weighted by molar-refractivity contribution is 0.102. The van der Waals surface area contributed by atoms with Crippen LogP contribution in [0.4, 0.5) is 5.82 Å². The van der Waals surface area contributed by atoms with Crippen LogP contribution in [0, 0.1) is 0 Å². The molecule has 2 heterocycles. The van der Waals surface area contributed by atoms with E-state index in [2.05, 4.69) is 51.6 Å². The van der Waals surface area contributed by atoms with Crippen LogP contribution in [0.15, 0.2) is 55.1 Å². The molecule has 6 nitrogen and oxygen atoms in total. The van der Waals surface area contributed by atoms with Crippen molar-refractivity contribution >= 4 is 11.7 Å². The minimum atomic E-state index is -0.304. The van der Waals surface area contributed by atoms with Crippen molar-refractivity contribution in [3.63, 3.8) is 0 Å². The summed E-state index contributed by atoms with van der Waals surface area (Å²) < 4.78 is 1.75. The van der Waals surface area contributed by atoms with Crippen molar-refractivity contribution in [3.05, 3.63) is 71.9 Å². The fourth-order valence-electron chi connectivity index (χ4n) is 2.21. The van der Waals surface area contributed by atoms with E-state index in [1.165, 1.54) is 24.2 Å². The van der Waals surface area contributed by atoms with E-state index in [0.29, 0.717) is 12.4 Å². The Hall–Kier alpha value is -3.02. The van der Waals surface area contributed by atoms with Gasteiger partial charge in [0.05, 0.1) is 18.9 Å². The van der Waals surface area contributed by atoms with E-state index in [9.17, 15) is 4.79 Å². The second-order valence-electron chi connectivity index (χ2n) is 5.09. The van der Waals surface area contributed by atoms with Crippen molar-refractivity contribution in [2.45, 2.75) is 19.9 Å². The molecule has 3 rings (SSSR count). The predicted octanol–water partition coefficient (Wildman–Crippen LogP) is 2.54. The van der Waals surface area contributed by atoms with Crippen LogP contribution in [0.1, 0.15) is 28.5 Å². The van der Waals surface area contributed by atoms with E-state index < -0.39 is 0 Å². The van der Waals surface area contributed by atoms with E-state index in [1.54, 1.807) is 16.9 Å². The van der Waals surface area contributed by atoms with E-state index in [0.717, 1.165) is 12.0 Å². The average molecular weight is 307 g/mol. The summed E-state index contributed by atoms with van der Waals surface area (Å²) >= 11 is 0. The van der Waals surface area contributed by atoms with Gasteiger partial charge in [0.2, 0.25) is 0 Å². The molecule has 0 saturated heterocycles. The van der Waals surface area contributed by atoms with Gasteiger partial charge < -0.3 is 5.32 Å². The zero-order chi connectivity index (χ0) is 16.1. The fourth-order valence-corrected chi connectivity index (χ4v) is 2.21. The lowest BCUT2D eigenvalue weighted by Gasteiger charge is -2.09. The van der Waals surface area contributed by atoms with Gasteiger partial charge in [-0.05, 0) is 17.5 Å². The van der Waals surface area contributed by atoms with Crippen molar-refractivity contribution < 1.29 is 4.79 Å². The number of amides is 1. The molecule has 0 aliphatic rings. The first-order chi connectivity index (χ1) is 11.3. The molecule has 0 unspecified atom stereocenters. The first kappa shape index (κ1) is 14.9. The second-order valence-corrected chi connectivity index (χ2v) is 5.09. The van der Waals surface area contributed by atoms with Crippen LogP contribution in [0.2, 0.25) is 0 Å². The van der Waals surface area contributed by atoms with Crippen molar-refractivity contribution in [2.75, 3.05) is 5.32 Å². The third kappa shape index (κ3) is 3.60. The third-order valence-corrected chi connectivity index (χ3v) is 3.52. The third-order valence-electron chi connectivity index (χ3n) is 3.52. The van der Waals surface area contributed by atoms with Gasteiger partial charge >= 0.3 is 0 Å². The number of benzene rings is 1. The van der Waals surface area contributed by atoms with Gasteiger partial charge in [-0.2, -0.15) is 5.10 Å². The highest BCUT2D eigenvalue weighted by atomic mass is 16.2. The van der Waals surface area contributed by atoms with Crippen molar-refractivity contribution in [1.29, 1.82) is 0 Å². The molecule has 2 aromatic heterocycles. The molecule has 0 radical (unpaired) electrons. The van der Waals surface area contributed by atoms with Crippen molar-refractivity contribution in [3.8, 4) is 0 Å². The van der Waals surface area contributed by atoms with Crippen LogP contribution in [0.5, 0.6) is 0 Å². The normalized spacial score (nSPS) is 10.5. The molecule has 0 aliphatic heterocycles. The maximum atomic E-state index is 12.1. The Labute approximate surface area is 134 Å². The summed E-state index contributed by atoms with van der Waals surface area (Å²) in [5, 5.41) is 7.08. The van der Waals surface area contributed by atoms with Crippen LogP contribution in [0.3, 0.4) is 0 Å². The van der Waals surface area contributed by atoms with Crippen molar-refractivity contribution in [1.82, 2.24) is 19.7 Å². The topological polar surface area (TPSA) is 72.7 Å². The number of hydrogen-bond donors (Lipinski definition) is 1. The van der Waals surface area contributed by atoms with Gasteiger partial charge in [0.1, 0.15) is 11.5 Å². The van der Waals surface area contributed by atoms with Crippen molar-refractivity contribution in [2.24, 2.45) is 0 Å². The number of nitrogens with zero attached hydrogens (tertiary/aromatic N) is 4. The SMILES string of the molecule is CCc1ccc(Cn2nccc2NC(=O)c2cnccn2)cc1. The molecule has 116 valence electrons. The number of carbonyl (C=O) groups is 1. The Morgan fingerprint density at radius 1 is 1.09 bits per heavy atom. The quantitative estimate of drug-likeness (QED) is 0.786. The smallest absolute Gasteiger partial charge is 0.277 e. The van der Waals surface area contributed by atoms with Gasteiger partial charge in [-0.15, -0.1) is 0 Å². The molecule has 0 bridgehead atoms. The summed E-state index contributed by atoms with van der Waals surface area (Å²) in [6.07, 6.45) is 7.12. The zero-order valence-corrected chi connectivity index (χ0v) is 12.8. The molecule has 0 atom stereocenters. The highest BCUT2D eigenvalue weighted by Gasteiger charge is 2.11. The first-order valence-electron chi connectivity index (χ1n) is 7.43. The van der Waals surface area contributed by atoms with Gasteiger partial charge in [0.15, 0.2) is 0 Å². The summed E-state index contributed by atoms with van der Waals surface area (Å²) in [6, 6.07) is 10.1. The number of rotatable bonds is 5. The first-order valence-corrected chi connectivity index (χ1v) is 7.43. The van der Waals surface area contributed by atoms with Gasteiger partial charge in [0, 0.05) is 18.5 Å². The molecule has 0 aliphatic carbocycles. The summed E-state index contributed by atoms with van der Waals surface area (Å²) in [7, 11) is 0. The molecule has 6 heteroatoms. The molecule has 1 aromatic carbocycles. The predicted molar refractivity (Wildman–Crippen MR) is 87.1 cm³/mol. The molecule has 0 saturated carbocycles. The van der Waals surface area contributed by atoms with Crippen LogP contribution in [-0.4, -0.2) is 25.7 Å². The minimum absolute atomic E-state index is 0.271. The number of aromatic nitrogens is 4. The highest BCUT2D eigenvalue weighted by molar-refractivity contribution is 6.02. The molecular weight excluding hydrogens is 290 g/mol. The van der Waals surface area contributed by atoms with Gasteiger partial charge in [-0.1, -0.05) is 31.2 Å². The Kier molecular flexibility index (Phi) is 4.42. The summed E-state index contributed by atoms with van der Waals surface area (Å²) in [4.78, 5) is 20.0. The number of hydrogen-bond acceptors (Lipinski definition) is 4. The molecule has 1 amide bonds. The number of carbonyl (C=O) groups excluding carboxylic acids is 1. The van der Waals surface area contributed by atoms with E-state index in [-0.39, 0.29) is 11.6 Å². The summed E-state index contributed by atoms with van der Waals surface area (Å²) in [6.45, 7) is 2.72. The lowest BCUT2D eigenvalue weighted by Crippen LogP contribution is -2.17. The van der Waals surface area contributed by atoms with E-state index in [1.807, 2.05) is 0 Å². The molecule has 3 aromatic rings. The van der Waals surface area contributed by atoms with Gasteiger partial charge in [0.25, 0.3) is 5.91 Å². The fraction of sp³-hybridized carbons (Fsp3) is 0.176. The number of nitrogens with one attached hydrogen (secondary N) is 1. The average Bonchev–Trinajstić information content (AvgIpc) is 3.03. The Morgan fingerprint density at radius 3 is 2.57 bits per heavy atom. The zero-order valence-electron chi connectivity index (χ0n) is 12.8. The summed E-state index contributed by atoms with van der Waals surface area (Å²) in [5.74, 6) is 0.321. The van der Waals surface area contributed by atoms with Gasteiger partial charge in [-0.3, -0.25) is 9.78 Å². The van der Waals surface area contributed by atoms with Crippen LogP contribution in [-0.2, 0) is 13.0 Å². The largest absolute Gasteiger partial charge is 0.305 e. The number of aryl methyl sites for hydroxylation is 1. The van der Waals surface area contributed by atoms with Crippen LogP contribution >= 0.6 is 0 Å². The number of anilines is 1. The van der Waals surface area contributed by atoms with Crippen LogP contribution < -0.4 is 5.32 Å². The second kappa shape index (κ2) is 6.83. The highest BCUT2D eigenvalue weighted by Crippen LogP contribution is 2.12. The molecule has 0 spiro atoms. The molecule has 23 heavy (non-hydrogen) atoms. The Balaban J connectivity index is 1.73. The summed E-state index contributed by atoms with van der Waals surface area (Å²) in [5.41, 5.74) is 2.69. The Bertz CT molecular complexity index is 780. The van der Waals surface area contributed by atoms with Gasteiger partial charge in [-0.25, -0.2) is 9.67 Å². The van der Waals surface area contributed by atoms with E-state index >= 15 is 0 Å².